The second-order valence-corrected chi connectivity index (χ2v) is 17.9. The summed E-state index contributed by atoms with van der Waals surface area (Å²) in [5, 5.41) is 16.6. The quantitative estimate of drug-likeness (QED) is 0.155. The van der Waals surface area contributed by atoms with Gasteiger partial charge in [0.2, 0.25) is 0 Å². The lowest BCUT2D eigenvalue weighted by Crippen LogP contribution is -1.98. The van der Waals surface area contributed by atoms with Crippen LogP contribution in [0.2, 0.25) is 0 Å². The first kappa shape index (κ1) is 34.5. The van der Waals surface area contributed by atoms with Crippen LogP contribution in [0.1, 0.15) is 5.56 Å². The van der Waals surface area contributed by atoms with Crippen molar-refractivity contribution < 1.29 is 0 Å². The first-order chi connectivity index (χ1) is 30.3. The predicted molar refractivity (Wildman–Crippen MR) is 265 cm³/mol. The highest BCUT2D eigenvalue weighted by Gasteiger charge is 2.26. The number of rotatable bonds is 4. The molecular formula is C59H34S2. The van der Waals surface area contributed by atoms with Crippen molar-refractivity contribution in [2.45, 2.75) is 4.90 Å². The van der Waals surface area contributed by atoms with Crippen molar-refractivity contribution in [3.8, 4) is 60.8 Å². The molecule has 2 heterocycles. The SMILES string of the molecule is C1#Sc2cccc(-c3c4ccccc4c(-c4ccc5c(c4)sc4ccccc45)c4ccccc34)c2-c2cccc(-c3c4ccccc4c(-c4ccccc4)c4ccccc34)c21. The lowest BCUT2D eigenvalue weighted by molar-refractivity contribution is 1.44. The van der Waals surface area contributed by atoms with E-state index in [4.69, 9.17) is 0 Å². The van der Waals surface area contributed by atoms with Crippen molar-refractivity contribution in [1.29, 1.82) is 0 Å². The van der Waals surface area contributed by atoms with Gasteiger partial charge in [0.15, 0.2) is 0 Å². The van der Waals surface area contributed by atoms with Crippen molar-refractivity contribution >= 4 is 85.8 Å². The van der Waals surface area contributed by atoms with E-state index >= 15 is 0 Å². The van der Waals surface area contributed by atoms with Crippen LogP contribution >= 0.6 is 22.5 Å². The van der Waals surface area contributed by atoms with Gasteiger partial charge < -0.3 is 0 Å². The summed E-state index contributed by atoms with van der Waals surface area (Å²) < 4.78 is 2.65. The molecule has 1 aromatic heterocycles. The fraction of sp³-hybridized carbons (Fsp3) is 0. The monoisotopic (exact) mass is 806 g/mol. The standard InChI is InChI=1S/C59H34S2/c1-2-16-36(17-3-1)55-40-19-4-8-23-44(40)57(45-24-9-5-20-41(45)55)48-27-14-28-49-51(48)35-60-53-31-15-29-50(59(49)53)58-46-25-10-6-21-42(46)56(43-22-7-11-26-47(43)58)37-32-33-39-38-18-12-13-30-52(38)61-54(39)34-37/h1-34H. The largest absolute Gasteiger partial charge is 0.135 e. The Labute approximate surface area is 361 Å². The minimum Gasteiger partial charge on any atom is -0.135 e. The van der Waals surface area contributed by atoms with E-state index in [2.05, 4.69) is 211 Å². The van der Waals surface area contributed by atoms with Gasteiger partial charge in [-0.25, -0.2) is 0 Å². The van der Waals surface area contributed by atoms with Gasteiger partial charge in [-0.05, 0) is 111 Å². The van der Waals surface area contributed by atoms with E-state index in [0.717, 1.165) is 5.56 Å². The van der Waals surface area contributed by atoms with E-state index in [1.54, 1.807) is 11.2 Å². The number of thiophene rings is 1. The van der Waals surface area contributed by atoms with Crippen LogP contribution in [0.3, 0.4) is 0 Å². The van der Waals surface area contributed by atoms with Gasteiger partial charge in [-0.2, -0.15) is 0 Å². The third kappa shape index (κ3) is 5.18. The molecule has 0 bridgehead atoms. The summed E-state index contributed by atoms with van der Waals surface area (Å²) in [5.41, 5.74) is 13.7. The highest BCUT2D eigenvalue weighted by atomic mass is 32.1. The van der Waals surface area contributed by atoms with Gasteiger partial charge >= 0.3 is 0 Å². The number of hydrogen-bond donors (Lipinski definition) is 0. The Kier molecular flexibility index (Phi) is 7.70. The Balaban J connectivity index is 1.07. The summed E-state index contributed by atoms with van der Waals surface area (Å²) in [6.07, 6.45) is 0. The second kappa shape index (κ2) is 13.6. The topological polar surface area (TPSA) is 0 Å². The summed E-state index contributed by atoms with van der Waals surface area (Å²) >= 11 is 3.61. The van der Waals surface area contributed by atoms with E-state index in [-0.39, 0.29) is 0 Å². The normalized spacial score (nSPS) is 12.1. The Morgan fingerprint density at radius 1 is 0.279 bits per heavy atom. The van der Waals surface area contributed by atoms with Crippen LogP contribution in [-0.4, -0.2) is 0 Å². The molecule has 12 aromatic rings. The highest BCUT2D eigenvalue weighted by Crippen LogP contribution is 2.52. The smallest absolute Gasteiger partial charge is 0.0439 e. The molecule has 1 aliphatic rings. The number of fused-ring (bicyclic) bond motifs is 10. The molecule has 0 amide bonds. The highest BCUT2D eigenvalue weighted by molar-refractivity contribution is 7.89. The molecule has 282 valence electrons. The van der Waals surface area contributed by atoms with Crippen LogP contribution in [0.15, 0.2) is 211 Å². The van der Waals surface area contributed by atoms with Gasteiger partial charge in [0.05, 0.1) is 0 Å². The van der Waals surface area contributed by atoms with Crippen LogP contribution < -0.4 is 0 Å². The molecule has 0 atom stereocenters. The molecule has 0 fully saturated rings. The molecule has 0 aliphatic carbocycles. The zero-order valence-corrected chi connectivity index (χ0v) is 34.6. The van der Waals surface area contributed by atoms with E-state index < -0.39 is 0 Å². The summed E-state index contributed by atoms with van der Waals surface area (Å²) in [6, 6.07) is 76.4. The molecule has 0 nitrogen and oxygen atoms in total. The molecule has 0 saturated carbocycles. The van der Waals surface area contributed by atoms with Gasteiger partial charge in [-0.1, -0.05) is 199 Å². The van der Waals surface area contributed by atoms with Crippen molar-refractivity contribution in [2.75, 3.05) is 0 Å². The molecule has 61 heavy (non-hydrogen) atoms. The van der Waals surface area contributed by atoms with E-state index in [1.165, 1.54) is 124 Å². The average molecular weight is 807 g/mol. The lowest BCUT2D eigenvalue weighted by atomic mass is 9.81. The first-order valence-electron chi connectivity index (χ1n) is 20.8. The number of hydrogen-bond acceptors (Lipinski definition) is 1. The fourth-order valence-corrected chi connectivity index (χ4v) is 12.3. The predicted octanol–water partition coefficient (Wildman–Crippen LogP) is 17.4. The van der Waals surface area contributed by atoms with Crippen LogP contribution in [0, 0.1) is 5.18 Å². The first-order valence-corrected chi connectivity index (χ1v) is 22.5. The third-order valence-corrected chi connectivity index (χ3v) is 14.8. The zero-order valence-electron chi connectivity index (χ0n) is 32.9. The summed E-state index contributed by atoms with van der Waals surface area (Å²) in [4.78, 5) is 1.23. The van der Waals surface area contributed by atoms with Crippen molar-refractivity contribution in [3.05, 3.63) is 212 Å². The minimum absolute atomic E-state index is 1.15. The fourth-order valence-electron chi connectivity index (χ4n) is 10.2. The van der Waals surface area contributed by atoms with E-state index in [1.807, 2.05) is 11.3 Å². The lowest BCUT2D eigenvalue weighted by Gasteiger charge is -2.23. The van der Waals surface area contributed by atoms with Crippen LogP contribution in [0.5, 0.6) is 0 Å². The molecule has 1 aliphatic heterocycles. The minimum atomic E-state index is 1.15. The third-order valence-electron chi connectivity index (χ3n) is 12.8. The zero-order chi connectivity index (χ0) is 40.0. The van der Waals surface area contributed by atoms with Crippen LogP contribution in [0.25, 0.3) is 119 Å². The molecule has 0 unspecified atom stereocenters. The van der Waals surface area contributed by atoms with Crippen molar-refractivity contribution in [1.82, 2.24) is 0 Å². The second-order valence-electron chi connectivity index (χ2n) is 16.0. The van der Waals surface area contributed by atoms with Gasteiger partial charge in [0.1, 0.15) is 0 Å². The summed E-state index contributed by atoms with van der Waals surface area (Å²) in [6.45, 7) is 0. The van der Waals surface area contributed by atoms with Crippen LogP contribution in [-0.2, 0) is 0 Å². The molecule has 2 heteroatoms. The van der Waals surface area contributed by atoms with Gasteiger partial charge in [-0.3, -0.25) is 0 Å². The van der Waals surface area contributed by atoms with Gasteiger partial charge in [0.25, 0.3) is 0 Å². The maximum Gasteiger partial charge on any atom is 0.0439 e. The molecule has 11 aromatic carbocycles. The van der Waals surface area contributed by atoms with Gasteiger partial charge in [0, 0.05) is 41.8 Å². The molecular weight excluding hydrogens is 773 g/mol. The van der Waals surface area contributed by atoms with Crippen molar-refractivity contribution in [3.63, 3.8) is 0 Å². The van der Waals surface area contributed by atoms with Crippen molar-refractivity contribution in [2.24, 2.45) is 0 Å². The Bertz CT molecular complexity index is 3760. The molecule has 13 rings (SSSR count). The van der Waals surface area contributed by atoms with Crippen LogP contribution in [0.4, 0.5) is 0 Å². The molecule has 0 radical (unpaired) electrons. The number of benzene rings is 11. The Morgan fingerprint density at radius 3 is 1.33 bits per heavy atom. The molecule has 0 saturated heterocycles. The summed E-state index contributed by atoms with van der Waals surface area (Å²) in [5.74, 6) is 0. The Hall–Kier alpha value is -7.32. The van der Waals surface area contributed by atoms with E-state index in [0.29, 0.717) is 0 Å². The van der Waals surface area contributed by atoms with Gasteiger partial charge in [-0.15, -0.1) is 11.3 Å². The van der Waals surface area contributed by atoms with E-state index in [9.17, 15) is 0 Å². The summed E-state index contributed by atoms with van der Waals surface area (Å²) in [7, 11) is 0. The average Bonchev–Trinajstić information content (AvgIpc) is 3.70. The maximum absolute atomic E-state index is 3.89. The molecule has 0 N–H and O–H groups in total. The molecule has 0 spiro atoms. The Morgan fingerprint density at radius 2 is 0.721 bits per heavy atom. The maximum atomic E-state index is 3.89.